The first-order valence-electron chi connectivity index (χ1n) is 9.44. The van der Waals surface area contributed by atoms with Crippen LogP contribution in [0.2, 0.25) is 0 Å². The number of carbonyl (C=O) groups is 1. The first kappa shape index (κ1) is 19.6. The molecule has 0 bridgehead atoms. The van der Waals surface area contributed by atoms with Crippen molar-refractivity contribution in [2.75, 3.05) is 31.9 Å². The molecule has 1 aromatic heterocycles. The number of aromatic nitrogens is 2. The molecule has 1 aliphatic rings. The van der Waals surface area contributed by atoms with Crippen LogP contribution in [0.5, 0.6) is 0 Å². The van der Waals surface area contributed by atoms with Crippen LogP contribution >= 0.6 is 11.8 Å². The molecule has 2 aromatic carbocycles. The van der Waals surface area contributed by atoms with Crippen LogP contribution in [-0.2, 0) is 11.3 Å². The van der Waals surface area contributed by atoms with Crippen LogP contribution in [0, 0.1) is 5.82 Å². The highest BCUT2D eigenvalue weighted by molar-refractivity contribution is 8.00. The minimum atomic E-state index is -0.303. The molecule has 6 nitrogen and oxygen atoms in total. The maximum atomic E-state index is 13.0. The van der Waals surface area contributed by atoms with Gasteiger partial charge in [-0.25, -0.2) is 4.39 Å². The molecule has 0 saturated carbocycles. The highest BCUT2D eigenvalue weighted by Crippen LogP contribution is 2.19. The van der Waals surface area contributed by atoms with Gasteiger partial charge in [0.2, 0.25) is 5.91 Å². The van der Waals surface area contributed by atoms with E-state index < -0.39 is 0 Å². The first-order chi connectivity index (χ1) is 14.2. The molecular weight excluding hydrogens is 391 g/mol. The zero-order valence-corrected chi connectivity index (χ0v) is 16.6. The summed E-state index contributed by atoms with van der Waals surface area (Å²) in [5, 5.41) is 4.02. The number of halogens is 1. The summed E-state index contributed by atoms with van der Waals surface area (Å²) in [5.74, 6) is 1.28. The molecule has 0 aliphatic carbocycles. The number of benzene rings is 2. The molecule has 0 unspecified atom stereocenters. The lowest BCUT2D eigenvalue weighted by atomic mass is 10.2. The van der Waals surface area contributed by atoms with Crippen molar-refractivity contribution >= 4 is 17.7 Å². The van der Waals surface area contributed by atoms with Crippen molar-refractivity contribution in [2.45, 2.75) is 11.4 Å². The second-order valence-corrected chi connectivity index (χ2v) is 7.83. The molecule has 3 aromatic rings. The molecule has 4 rings (SSSR count). The number of amides is 1. The highest BCUT2D eigenvalue weighted by atomic mass is 32.2. The maximum Gasteiger partial charge on any atom is 0.257 e. The summed E-state index contributed by atoms with van der Waals surface area (Å²) in [4.78, 5) is 22.1. The third kappa shape index (κ3) is 5.21. The van der Waals surface area contributed by atoms with E-state index in [0.29, 0.717) is 42.7 Å². The SMILES string of the molecule is O=C(CSc1ccccc1)N1CCN(Cc2noc(-c3ccc(F)cc3)n2)CC1. The van der Waals surface area contributed by atoms with Crippen molar-refractivity contribution in [3.63, 3.8) is 0 Å². The lowest BCUT2D eigenvalue weighted by Crippen LogP contribution is -2.48. The first-order valence-corrected chi connectivity index (χ1v) is 10.4. The molecule has 0 radical (unpaired) electrons. The van der Waals surface area contributed by atoms with E-state index in [9.17, 15) is 9.18 Å². The summed E-state index contributed by atoms with van der Waals surface area (Å²) >= 11 is 1.57. The Morgan fingerprint density at radius 3 is 2.48 bits per heavy atom. The van der Waals surface area contributed by atoms with E-state index in [0.717, 1.165) is 18.0 Å². The minimum Gasteiger partial charge on any atom is -0.339 e. The van der Waals surface area contributed by atoms with Gasteiger partial charge in [0, 0.05) is 36.6 Å². The monoisotopic (exact) mass is 412 g/mol. The second-order valence-electron chi connectivity index (χ2n) is 6.78. The molecule has 2 heterocycles. The summed E-state index contributed by atoms with van der Waals surface area (Å²) in [5.41, 5.74) is 0.691. The molecule has 1 saturated heterocycles. The number of thioether (sulfide) groups is 1. The Morgan fingerprint density at radius 1 is 1.03 bits per heavy atom. The number of nitrogens with zero attached hydrogens (tertiary/aromatic N) is 4. The van der Waals surface area contributed by atoms with Gasteiger partial charge in [0.05, 0.1) is 12.3 Å². The van der Waals surface area contributed by atoms with E-state index in [4.69, 9.17) is 4.52 Å². The average Bonchev–Trinajstić information content (AvgIpc) is 3.22. The Hall–Kier alpha value is -2.71. The standard InChI is InChI=1S/C21H21FN4O2S/c22-17-8-6-16(7-9-17)21-23-19(24-28-21)14-25-10-12-26(13-11-25)20(27)15-29-18-4-2-1-3-5-18/h1-9H,10-15H2. The smallest absolute Gasteiger partial charge is 0.257 e. The van der Waals surface area contributed by atoms with Crippen molar-refractivity contribution in [3.8, 4) is 11.5 Å². The Labute approximate surface area is 172 Å². The zero-order chi connectivity index (χ0) is 20.1. The Bertz CT molecular complexity index is 941. The lowest BCUT2D eigenvalue weighted by Gasteiger charge is -2.34. The number of carbonyl (C=O) groups excluding carboxylic acids is 1. The number of hydrogen-bond acceptors (Lipinski definition) is 6. The molecule has 8 heteroatoms. The van der Waals surface area contributed by atoms with Crippen molar-refractivity contribution in [1.29, 1.82) is 0 Å². The lowest BCUT2D eigenvalue weighted by molar-refractivity contribution is -0.130. The predicted molar refractivity (Wildman–Crippen MR) is 109 cm³/mol. The summed E-state index contributed by atoms with van der Waals surface area (Å²) in [6, 6.07) is 15.9. The van der Waals surface area contributed by atoms with Crippen molar-refractivity contribution in [3.05, 3.63) is 66.2 Å². The number of piperazine rings is 1. The number of rotatable bonds is 6. The molecule has 1 amide bonds. The average molecular weight is 412 g/mol. The Balaban J connectivity index is 1.25. The van der Waals surface area contributed by atoms with E-state index >= 15 is 0 Å². The molecule has 150 valence electrons. The van der Waals surface area contributed by atoms with E-state index in [-0.39, 0.29) is 11.7 Å². The van der Waals surface area contributed by atoms with Crippen molar-refractivity contribution in [2.24, 2.45) is 0 Å². The van der Waals surface area contributed by atoms with Gasteiger partial charge in [-0.3, -0.25) is 9.69 Å². The van der Waals surface area contributed by atoms with Crippen LogP contribution in [0.4, 0.5) is 4.39 Å². The van der Waals surface area contributed by atoms with Gasteiger partial charge >= 0.3 is 0 Å². The predicted octanol–water partition coefficient (Wildman–Crippen LogP) is 3.31. The number of hydrogen-bond donors (Lipinski definition) is 0. The van der Waals surface area contributed by atoms with Crippen LogP contribution in [0.15, 0.2) is 64.0 Å². The molecule has 0 atom stereocenters. The van der Waals surface area contributed by atoms with Crippen molar-refractivity contribution < 1.29 is 13.7 Å². The molecular formula is C21H21FN4O2S. The maximum absolute atomic E-state index is 13.0. The van der Waals surface area contributed by atoms with Gasteiger partial charge in [0.1, 0.15) is 5.82 Å². The topological polar surface area (TPSA) is 62.5 Å². The third-order valence-electron chi connectivity index (χ3n) is 4.75. The quantitative estimate of drug-likeness (QED) is 0.579. The zero-order valence-electron chi connectivity index (χ0n) is 15.8. The second kappa shape index (κ2) is 9.19. The Kier molecular flexibility index (Phi) is 6.21. The largest absolute Gasteiger partial charge is 0.339 e. The fourth-order valence-electron chi connectivity index (χ4n) is 3.14. The third-order valence-corrected chi connectivity index (χ3v) is 5.75. The molecule has 0 spiro atoms. The summed E-state index contributed by atoms with van der Waals surface area (Å²) in [6.45, 7) is 3.48. The fourth-order valence-corrected chi connectivity index (χ4v) is 3.96. The normalized spacial score (nSPS) is 14.9. The Morgan fingerprint density at radius 2 is 1.76 bits per heavy atom. The van der Waals surface area contributed by atoms with Gasteiger partial charge in [0.15, 0.2) is 5.82 Å². The van der Waals surface area contributed by atoms with E-state index in [1.54, 1.807) is 23.9 Å². The van der Waals surface area contributed by atoms with Crippen LogP contribution in [0.3, 0.4) is 0 Å². The summed E-state index contributed by atoms with van der Waals surface area (Å²) in [6.07, 6.45) is 0. The molecule has 1 fully saturated rings. The van der Waals surface area contributed by atoms with E-state index in [1.165, 1.54) is 12.1 Å². The van der Waals surface area contributed by atoms with Crippen LogP contribution in [0.25, 0.3) is 11.5 Å². The van der Waals surface area contributed by atoms with Gasteiger partial charge in [-0.1, -0.05) is 23.4 Å². The summed E-state index contributed by atoms with van der Waals surface area (Å²) in [7, 11) is 0. The van der Waals surface area contributed by atoms with Crippen LogP contribution in [0.1, 0.15) is 5.82 Å². The van der Waals surface area contributed by atoms with E-state index in [2.05, 4.69) is 15.0 Å². The minimum absolute atomic E-state index is 0.164. The van der Waals surface area contributed by atoms with Gasteiger partial charge < -0.3 is 9.42 Å². The van der Waals surface area contributed by atoms with E-state index in [1.807, 2.05) is 35.2 Å². The highest BCUT2D eigenvalue weighted by Gasteiger charge is 2.22. The van der Waals surface area contributed by atoms with Gasteiger partial charge in [-0.2, -0.15) is 4.98 Å². The molecule has 0 N–H and O–H groups in total. The van der Waals surface area contributed by atoms with Gasteiger partial charge in [-0.05, 0) is 36.4 Å². The van der Waals surface area contributed by atoms with Gasteiger partial charge in [-0.15, -0.1) is 11.8 Å². The molecule has 29 heavy (non-hydrogen) atoms. The fraction of sp³-hybridized carbons (Fsp3) is 0.286. The van der Waals surface area contributed by atoms with Gasteiger partial charge in [0.25, 0.3) is 5.89 Å². The van der Waals surface area contributed by atoms with Crippen LogP contribution in [-0.4, -0.2) is 57.8 Å². The van der Waals surface area contributed by atoms with Crippen LogP contribution < -0.4 is 0 Å². The summed E-state index contributed by atoms with van der Waals surface area (Å²) < 4.78 is 18.3. The molecule has 1 aliphatic heterocycles. The van der Waals surface area contributed by atoms with Crippen molar-refractivity contribution in [1.82, 2.24) is 19.9 Å².